The van der Waals surface area contributed by atoms with Gasteiger partial charge < -0.3 is 15.4 Å². The van der Waals surface area contributed by atoms with Crippen molar-refractivity contribution >= 4 is 41.3 Å². The van der Waals surface area contributed by atoms with E-state index in [0.717, 1.165) is 18.1 Å². The third kappa shape index (κ3) is 6.74. The first-order valence-corrected chi connectivity index (χ1v) is 8.37. The minimum atomic E-state index is 0. The molecule has 126 valence electrons. The van der Waals surface area contributed by atoms with Gasteiger partial charge in [-0.25, -0.2) is 9.98 Å². The fraction of sp³-hybridized carbons (Fsp3) is 0.375. The van der Waals surface area contributed by atoms with Crippen molar-refractivity contribution in [2.45, 2.75) is 26.9 Å². The average molecular weight is 446 g/mol. The molecule has 0 atom stereocenters. The van der Waals surface area contributed by atoms with Crippen molar-refractivity contribution in [2.75, 3.05) is 13.2 Å². The average Bonchev–Trinajstić information content (AvgIpc) is 3.05. The number of thiophene rings is 1. The van der Waals surface area contributed by atoms with E-state index in [1.165, 1.54) is 5.56 Å². The van der Waals surface area contributed by atoms with Crippen LogP contribution in [-0.4, -0.2) is 24.1 Å². The van der Waals surface area contributed by atoms with Gasteiger partial charge in [-0.1, -0.05) is 6.07 Å². The highest BCUT2D eigenvalue weighted by Gasteiger charge is 2.05. The van der Waals surface area contributed by atoms with Gasteiger partial charge in [0.2, 0.25) is 5.88 Å². The standard InChI is InChI=1S/C16H22N4OS.HI/c1-3-17-16(19-10-13-7-9-22-12-13)20-11-14-6-5-8-18-15(14)21-4-2;/h5-9,12H,3-4,10-11H2,1-2H3,(H2,17,19,20);1H. The number of halogens is 1. The van der Waals surface area contributed by atoms with Gasteiger partial charge >= 0.3 is 0 Å². The normalized spacial score (nSPS) is 10.8. The van der Waals surface area contributed by atoms with Crippen molar-refractivity contribution in [3.05, 3.63) is 46.3 Å². The topological polar surface area (TPSA) is 58.5 Å². The smallest absolute Gasteiger partial charge is 0.218 e. The molecule has 2 heterocycles. The van der Waals surface area contributed by atoms with Crippen LogP contribution in [0.1, 0.15) is 25.0 Å². The number of aromatic nitrogens is 1. The highest BCUT2D eigenvalue weighted by molar-refractivity contribution is 14.0. The number of rotatable bonds is 7. The van der Waals surface area contributed by atoms with Crippen LogP contribution in [0.15, 0.2) is 40.1 Å². The molecule has 0 aliphatic carbocycles. The third-order valence-electron chi connectivity index (χ3n) is 2.92. The van der Waals surface area contributed by atoms with Gasteiger partial charge in [-0.05, 0) is 42.3 Å². The largest absolute Gasteiger partial charge is 0.478 e. The monoisotopic (exact) mass is 446 g/mol. The quantitative estimate of drug-likeness (QED) is 0.389. The second-order valence-corrected chi connectivity index (χ2v) is 5.36. The van der Waals surface area contributed by atoms with Gasteiger partial charge in [-0.15, -0.1) is 24.0 Å². The predicted molar refractivity (Wildman–Crippen MR) is 107 cm³/mol. The van der Waals surface area contributed by atoms with Gasteiger partial charge in [0.25, 0.3) is 0 Å². The van der Waals surface area contributed by atoms with E-state index in [-0.39, 0.29) is 24.0 Å². The summed E-state index contributed by atoms with van der Waals surface area (Å²) in [5.41, 5.74) is 2.24. The molecular formula is C16H23IN4OS. The van der Waals surface area contributed by atoms with Gasteiger partial charge in [0.1, 0.15) is 0 Å². The highest BCUT2D eigenvalue weighted by atomic mass is 127. The van der Waals surface area contributed by atoms with E-state index >= 15 is 0 Å². The molecule has 0 bridgehead atoms. The number of guanidine groups is 1. The van der Waals surface area contributed by atoms with Crippen LogP contribution in [0.2, 0.25) is 0 Å². The van der Waals surface area contributed by atoms with E-state index in [9.17, 15) is 0 Å². The molecule has 0 aromatic carbocycles. The van der Waals surface area contributed by atoms with Gasteiger partial charge in [0.15, 0.2) is 5.96 Å². The van der Waals surface area contributed by atoms with Crippen molar-refractivity contribution in [1.29, 1.82) is 0 Å². The summed E-state index contributed by atoms with van der Waals surface area (Å²) in [5, 5.41) is 10.7. The molecule has 0 unspecified atom stereocenters. The SMILES string of the molecule is CCNC(=NCc1ccsc1)NCc1cccnc1OCC.I. The lowest BCUT2D eigenvalue weighted by Gasteiger charge is -2.13. The maximum absolute atomic E-state index is 5.54. The van der Waals surface area contributed by atoms with E-state index in [0.29, 0.717) is 25.6 Å². The fourth-order valence-electron chi connectivity index (χ4n) is 1.90. The highest BCUT2D eigenvalue weighted by Crippen LogP contribution is 2.13. The van der Waals surface area contributed by atoms with E-state index < -0.39 is 0 Å². The van der Waals surface area contributed by atoms with Crippen LogP contribution < -0.4 is 15.4 Å². The lowest BCUT2D eigenvalue weighted by molar-refractivity contribution is 0.322. The van der Waals surface area contributed by atoms with Crippen LogP contribution in [0.25, 0.3) is 0 Å². The summed E-state index contributed by atoms with van der Waals surface area (Å²) in [4.78, 5) is 8.84. The first-order chi connectivity index (χ1) is 10.8. The van der Waals surface area contributed by atoms with Crippen molar-refractivity contribution in [3.8, 4) is 5.88 Å². The molecule has 5 nitrogen and oxygen atoms in total. The summed E-state index contributed by atoms with van der Waals surface area (Å²) in [6.07, 6.45) is 1.74. The minimum absolute atomic E-state index is 0. The van der Waals surface area contributed by atoms with E-state index in [1.54, 1.807) is 17.5 Å². The molecule has 2 N–H and O–H groups in total. The number of aliphatic imine (C=N–C) groups is 1. The van der Waals surface area contributed by atoms with Gasteiger partial charge in [0.05, 0.1) is 13.2 Å². The van der Waals surface area contributed by atoms with Crippen LogP contribution in [-0.2, 0) is 13.1 Å². The first-order valence-electron chi connectivity index (χ1n) is 7.43. The van der Waals surface area contributed by atoms with Crippen molar-refractivity contribution in [2.24, 2.45) is 4.99 Å². The Labute approximate surface area is 158 Å². The molecule has 0 amide bonds. The molecular weight excluding hydrogens is 423 g/mol. The van der Waals surface area contributed by atoms with Crippen molar-refractivity contribution in [3.63, 3.8) is 0 Å². The fourth-order valence-corrected chi connectivity index (χ4v) is 2.56. The molecule has 7 heteroatoms. The van der Waals surface area contributed by atoms with Crippen LogP contribution in [0, 0.1) is 0 Å². The first kappa shape index (κ1) is 19.7. The Bertz CT molecular complexity index is 590. The Kier molecular flexibility index (Phi) is 9.61. The van der Waals surface area contributed by atoms with Gasteiger partial charge in [0, 0.05) is 24.8 Å². The number of ether oxygens (including phenoxy) is 1. The van der Waals surface area contributed by atoms with Crippen molar-refractivity contribution < 1.29 is 4.74 Å². The molecule has 0 fully saturated rings. The lowest BCUT2D eigenvalue weighted by Crippen LogP contribution is -2.36. The molecule has 0 aliphatic heterocycles. The molecule has 2 aromatic rings. The molecule has 0 spiro atoms. The minimum Gasteiger partial charge on any atom is -0.478 e. The van der Waals surface area contributed by atoms with Crippen LogP contribution in [0.3, 0.4) is 0 Å². The second kappa shape index (κ2) is 11.2. The Morgan fingerprint density at radius 1 is 1.30 bits per heavy atom. The Hall–Kier alpha value is -1.35. The third-order valence-corrected chi connectivity index (χ3v) is 3.65. The maximum Gasteiger partial charge on any atom is 0.218 e. The Morgan fingerprint density at radius 3 is 2.87 bits per heavy atom. The predicted octanol–water partition coefficient (Wildman–Crippen LogP) is 3.42. The molecule has 0 aliphatic rings. The van der Waals surface area contributed by atoms with Gasteiger partial charge in [-0.3, -0.25) is 0 Å². The number of hydrogen-bond donors (Lipinski definition) is 2. The van der Waals surface area contributed by atoms with Crippen LogP contribution in [0.5, 0.6) is 5.88 Å². The number of nitrogens with zero attached hydrogens (tertiary/aromatic N) is 2. The van der Waals surface area contributed by atoms with Crippen LogP contribution >= 0.6 is 35.3 Å². The molecule has 0 radical (unpaired) electrons. The number of pyridine rings is 1. The summed E-state index contributed by atoms with van der Waals surface area (Å²) < 4.78 is 5.54. The zero-order chi connectivity index (χ0) is 15.6. The van der Waals surface area contributed by atoms with E-state index in [4.69, 9.17) is 4.74 Å². The zero-order valence-corrected chi connectivity index (χ0v) is 16.6. The molecule has 0 saturated carbocycles. The zero-order valence-electron chi connectivity index (χ0n) is 13.4. The van der Waals surface area contributed by atoms with E-state index in [2.05, 4.69) is 44.4 Å². The van der Waals surface area contributed by atoms with Gasteiger partial charge in [-0.2, -0.15) is 11.3 Å². The summed E-state index contributed by atoms with van der Waals surface area (Å²) in [5.74, 6) is 1.46. The van der Waals surface area contributed by atoms with Crippen LogP contribution in [0.4, 0.5) is 0 Å². The molecule has 23 heavy (non-hydrogen) atoms. The summed E-state index contributed by atoms with van der Waals surface area (Å²) in [6, 6.07) is 6.01. The van der Waals surface area contributed by atoms with E-state index in [1.807, 2.05) is 19.1 Å². The molecule has 0 saturated heterocycles. The summed E-state index contributed by atoms with van der Waals surface area (Å²) >= 11 is 1.69. The Balaban J connectivity index is 0.00000264. The Morgan fingerprint density at radius 2 is 2.17 bits per heavy atom. The summed E-state index contributed by atoms with van der Waals surface area (Å²) in [6.45, 7) is 6.73. The lowest BCUT2D eigenvalue weighted by atomic mass is 10.2. The summed E-state index contributed by atoms with van der Waals surface area (Å²) in [7, 11) is 0. The molecule has 2 rings (SSSR count). The van der Waals surface area contributed by atoms with Crippen molar-refractivity contribution in [1.82, 2.24) is 15.6 Å². The molecule has 2 aromatic heterocycles. The maximum atomic E-state index is 5.54. The number of nitrogens with one attached hydrogen (secondary N) is 2. The second-order valence-electron chi connectivity index (χ2n) is 4.58. The number of hydrogen-bond acceptors (Lipinski definition) is 4.